The molecule has 0 saturated heterocycles. The van der Waals surface area contributed by atoms with Crippen LogP contribution in [0.15, 0.2) is 36.4 Å². The number of rotatable bonds is 7. The molecule has 2 aromatic rings. The zero-order valence-electron chi connectivity index (χ0n) is 12.1. The Bertz CT molecular complexity index is 703. The van der Waals surface area contributed by atoms with Gasteiger partial charge in [-0.1, -0.05) is 30.7 Å². The van der Waals surface area contributed by atoms with Gasteiger partial charge in [-0.3, -0.25) is 4.72 Å². The maximum atomic E-state index is 11.6. The van der Waals surface area contributed by atoms with E-state index in [4.69, 9.17) is 11.6 Å². The molecular formula is C14H17ClN4O2S. The maximum absolute atomic E-state index is 11.6. The van der Waals surface area contributed by atoms with Gasteiger partial charge in [-0.25, -0.2) is 8.42 Å². The molecule has 2 N–H and O–H groups in total. The molecule has 0 unspecified atom stereocenters. The maximum Gasteiger partial charge on any atom is 0.233 e. The van der Waals surface area contributed by atoms with Crippen molar-refractivity contribution in [2.24, 2.45) is 0 Å². The highest BCUT2D eigenvalue weighted by atomic mass is 35.5. The van der Waals surface area contributed by atoms with E-state index in [1.165, 1.54) is 0 Å². The summed E-state index contributed by atoms with van der Waals surface area (Å²) in [5, 5.41) is 11.6. The van der Waals surface area contributed by atoms with Gasteiger partial charge in [0.2, 0.25) is 10.0 Å². The van der Waals surface area contributed by atoms with Crippen molar-refractivity contribution in [1.29, 1.82) is 0 Å². The summed E-state index contributed by atoms with van der Waals surface area (Å²) in [5.41, 5.74) is 1.05. The van der Waals surface area contributed by atoms with Gasteiger partial charge in [0.1, 0.15) is 5.82 Å². The predicted octanol–water partition coefficient (Wildman–Crippen LogP) is 2.89. The first-order chi connectivity index (χ1) is 10.5. The molecular weight excluding hydrogens is 324 g/mol. The number of hydrogen-bond acceptors (Lipinski definition) is 5. The van der Waals surface area contributed by atoms with Gasteiger partial charge < -0.3 is 5.32 Å². The van der Waals surface area contributed by atoms with Crippen LogP contribution in [0.4, 0.5) is 11.6 Å². The van der Waals surface area contributed by atoms with Crippen LogP contribution in [0, 0.1) is 0 Å². The lowest BCUT2D eigenvalue weighted by atomic mass is 10.2. The van der Waals surface area contributed by atoms with Crippen LogP contribution >= 0.6 is 11.6 Å². The highest BCUT2D eigenvalue weighted by molar-refractivity contribution is 7.92. The number of halogens is 1. The summed E-state index contributed by atoms with van der Waals surface area (Å²) in [7, 11) is -3.34. The van der Waals surface area contributed by atoms with Crippen molar-refractivity contribution in [3.63, 3.8) is 0 Å². The Morgan fingerprint density at radius 1 is 1.05 bits per heavy atom. The van der Waals surface area contributed by atoms with E-state index in [9.17, 15) is 8.42 Å². The quantitative estimate of drug-likeness (QED) is 0.809. The molecule has 1 aromatic carbocycles. The molecule has 118 valence electrons. The third-order valence-electron chi connectivity index (χ3n) is 2.78. The monoisotopic (exact) mass is 340 g/mol. The second-order valence-electron chi connectivity index (χ2n) is 4.70. The fraction of sp³-hybridized carbons (Fsp3) is 0.286. The van der Waals surface area contributed by atoms with Crippen molar-refractivity contribution in [1.82, 2.24) is 10.2 Å². The summed E-state index contributed by atoms with van der Waals surface area (Å²) in [6.07, 6.45) is 0.545. The normalized spacial score (nSPS) is 11.2. The van der Waals surface area contributed by atoms with Crippen LogP contribution < -0.4 is 10.0 Å². The second-order valence-corrected chi connectivity index (χ2v) is 6.98. The third kappa shape index (κ3) is 5.16. The molecule has 0 fully saturated rings. The number of aromatic nitrogens is 2. The lowest BCUT2D eigenvalue weighted by Crippen LogP contribution is -2.17. The van der Waals surface area contributed by atoms with Crippen LogP contribution in [0.2, 0.25) is 5.02 Å². The van der Waals surface area contributed by atoms with E-state index < -0.39 is 10.0 Å². The highest BCUT2D eigenvalue weighted by Gasteiger charge is 2.09. The van der Waals surface area contributed by atoms with Gasteiger partial charge in [0.05, 0.1) is 5.75 Å². The molecule has 22 heavy (non-hydrogen) atoms. The topological polar surface area (TPSA) is 84.0 Å². The summed E-state index contributed by atoms with van der Waals surface area (Å²) in [5.74, 6) is 0.838. The Labute approximate surface area is 135 Å². The van der Waals surface area contributed by atoms with E-state index in [0.29, 0.717) is 23.8 Å². The first kappa shape index (κ1) is 16.5. The van der Waals surface area contributed by atoms with Crippen molar-refractivity contribution in [2.45, 2.75) is 19.9 Å². The van der Waals surface area contributed by atoms with Gasteiger partial charge in [0.15, 0.2) is 5.82 Å². The number of anilines is 2. The van der Waals surface area contributed by atoms with E-state index in [1.807, 2.05) is 24.3 Å². The third-order valence-corrected chi connectivity index (χ3v) is 4.50. The molecule has 8 heteroatoms. The first-order valence-corrected chi connectivity index (χ1v) is 8.84. The van der Waals surface area contributed by atoms with Crippen LogP contribution in [-0.4, -0.2) is 24.4 Å². The standard InChI is InChI=1S/C14H17ClN4O2S/c1-2-9-22(20,21)19-14-8-7-13(17-18-14)16-10-11-3-5-12(15)6-4-11/h3-8H,2,9-10H2,1H3,(H,16,17)(H,18,19). The zero-order valence-corrected chi connectivity index (χ0v) is 13.7. The molecule has 0 spiro atoms. The summed E-state index contributed by atoms with van der Waals surface area (Å²) in [4.78, 5) is 0. The molecule has 0 atom stereocenters. The second kappa shape index (κ2) is 7.42. The summed E-state index contributed by atoms with van der Waals surface area (Å²) >= 11 is 5.82. The van der Waals surface area contributed by atoms with Crippen molar-refractivity contribution < 1.29 is 8.42 Å². The Morgan fingerprint density at radius 3 is 2.27 bits per heavy atom. The van der Waals surface area contributed by atoms with E-state index in [2.05, 4.69) is 20.2 Å². The van der Waals surface area contributed by atoms with Gasteiger partial charge in [-0.15, -0.1) is 10.2 Å². The van der Waals surface area contributed by atoms with Crippen LogP contribution in [0.1, 0.15) is 18.9 Å². The van der Waals surface area contributed by atoms with Gasteiger partial charge in [0.25, 0.3) is 0 Å². The largest absolute Gasteiger partial charge is 0.365 e. The van der Waals surface area contributed by atoms with Crippen LogP contribution in [-0.2, 0) is 16.6 Å². The molecule has 0 saturated carbocycles. The molecule has 0 aliphatic heterocycles. The van der Waals surface area contributed by atoms with E-state index in [0.717, 1.165) is 5.56 Å². The van der Waals surface area contributed by atoms with Crippen molar-refractivity contribution in [3.05, 3.63) is 47.0 Å². The average molecular weight is 341 g/mol. The van der Waals surface area contributed by atoms with Crippen LogP contribution in [0.3, 0.4) is 0 Å². The van der Waals surface area contributed by atoms with Crippen LogP contribution in [0.5, 0.6) is 0 Å². The fourth-order valence-electron chi connectivity index (χ4n) is 1.75. The van der Waals surface area contributed by atoms with Crippen LogP contribution in [0.25, 0.3) is 0 Å². The molecule has 1 aromatic heterocycles. The molecule has 0 aliphatic rings. The Kier molecular flexibility index (Phi) is 5.57. The summed E-state index contributed by atoms with van der Waals surface area (Å²) < 4.78 is 25.6. The van der Waals surface area contributed by atoms with Gasteiger partial charge in [-0.05, 0) is 36.2 Å². The number of nitrogens with zero attached hydrogens (tertiary/aromatic N) is 2. The lowest BCUT2D eigenvalue weighted by Gasteiger charge is -2.07. The Morgan fingerprint density at radius 2 is 1.68 bits per heavy atom. The molecule has 6 nitrogen and oxygen atoms in total. The molecule has 0 bridgehead atoms. The van der Waals surface area contributed by atoms with E-state index in [1.54, 1.807) is 19.1 Å². The summed E-state index contributed by atoms with van der Waals surface area (Å²) in [6, 6.07) is 10.7. The number of nitrogens with one attached hydrogen (secondary N) is 2. The Balaban J connectivity index is 1.93. The smallest absolute Gasteiger partial charge is 0.233 e. The summed E-state index contributed by atoms with van der Waals surface area (Å²) in [6.45, 7) is 2.38. The predicted molar refractivity (Wildman–Crippen MR) is 88.5 cm³/mol. The van der Waals surface area contributed by atoms with Crippen molar-refractivity contribution in [2.75, 3.05) is 15.8 Å². The van der Waals surface area contributed by atoms with Gasteiger partial charge in [-0.2, -0.15) is 0 Å². The minimum absolute atomic E-state index is 0.0608. The lowest BCUT2D eigenvalue weighted by molar-refractivity contribution is 0.599. The number of sulfonamides is 1. The zero-order chi connectivity index (χ0) is 16.0. The van der Waals surface area contributed by atoms with Gasteiger partial charge >= 0.3 is 0 Å². The minimum atomic E-state index is -3.34. The molecule has 1 heterocycles. The fourth-order valence-corrected chi connectivity index (χ4v) is 2.95. The van der Waals surface area contributed by atoms with E-state index >= 15 is 0 Å². The molecule has 0 radical (unpaired) electrons. The Hall–Kier alpha value is -1.86. The van der Waals surface area contributed by atoms with Crippen molar-refractivity contribution >= 4 is 33.3 Å². The number of benzene rings is 1. The number of hydrogen-bond donors (Lipinski definition) is 2. The average Bonchev–Trinajstić information content (AvgIpc) is 2.48. The molecule has 0 aliphatic carbocycles. The molecule has 0 amide bonds. The highest BCUT2D eigenvalue weighted by Crippen LogP contribution is 2.12. The van der Waals surface area contributed by atoms with E-state index in [-0.39, 0.29) is 11.6 Å². The van der Waals surface area contributed by atoms with Gasteiger partial charge in [0, 0.05) is 11.6 Å². The minimum Gasteiger partial charge on any atom is -0.365 e. The first-order valence-electron chi connectivity index (χ1n) is 6.81. The SMILES string of the molecule is CCCS(=O)(=O)Nc1ccc(NCc2ccc(Cl)cc2)nn1. The molecule has 2 rings (SSSR count). The van der Waals surface area contributed by atoms with Crippen molar-refractivity contribution in [3.8, 4) is 0 Å².